The zero-order valence-electron chi connectivity index (χ0n) is 4.29. The van der Waals surface area contributed by atoms with Crippen LogP contribution in [0.15, 0.2) is 15.6 Å². The third kappa shape index (κ3) is 0.831. The van der Waals surface area contributed by atoms with Crippen LogP contribution in [0, 0.1) is 0 Å². The summed E-state index contributed by atoms with van der Waals surface area (Å²) < 4.78 is 2.47. The van der Waals surface area contributed by atoms with Crippen LogP contribution in [0.4, 0.5) is 0 Å². The Bertz CT molecular complexity index is 335. The van der Waals surface area contributed by atoms with Crippen molar-refractivity contribution in [2.75, 3.05) is 0 Å². The van der Waals surface area contributed by atoms with Gasteiger partial charge in [-0.1, -0.05) is 22.7 Å². The van der Waals surface area contributed by atoms with E-state index in [1.165, 1.54) is 22.7 Å². The molecule has 9 heavy (non-hydrogen) atoms. The Morgan fingerprint density at radius 1 is 1.11 bits per heavy atom. The first-order chi connectivity index (χ1) is 4.36. The SMILES string of the molecule is O=c1sc2cscc2s1. The first-order valence-electron chi connectivity index (χ1n) is 2.32. The molecule has 0 bridgehead atoms. The van der Waals surface area contributed by atoms with Gasteiger partial charge in [0.2, 0.25) is 0 Å². The van der Waals surface area contributed by atoms with Crippen molar-refractivity contribution in [1.82, 2.24) is 0 Å². The van der Waals surface area contributed by atoms with Crippen molar-refractivity contribution in [3.63, 3.8) is 0 Å². The second kappa shape index (κ2) is 1.90. The van der Waals surface area contributed by atoms with Crippen LogP contribution in [0.2, 0.25) is 0 Å². The second-order valence-corrected chi connectivity index (χ2v) is 4.59. The van der Waals surface area contributed by atoms with Crippen LogP contribution in [0.5, 0.6) is 0 Å². The number of hydrogen-bond donors (Lipinski definition) is 0. The van der Waals surface area contributed by atoms with Crippen molar-refractivity contribution in [2.45, 2.75) is 0 Å². The predicted octanol–water partition coefficient (Wildman–Crippen LogP) is 2.38. The summed E-state index contributed by atoms with van der Waals surface area (Å²) in [5, 5.41) is 4.02. The van der Waals surface area contributed by atoms with Gasteiger partial charge in [-0.3, -0.25) is 4.79 Å². The van der Waals surface area contributed by atoms with Crippen LogP contribution in [0.25, 0.3) is 9.40 Å². The molecule has 0 saturated heterocycles. The smallest absolute Gasteiger partial charge is 0.265 e. The van der Waals surface area contributed by atoms with Gasteiger partial charge in [0.1, 0.15) is 0 Å². The van der Waals surface area contributed by atoms with Crippen LogP contribution in [-0.2, 0) is 0 Å². The zero-order chi connectivity index (χ0) is 6.27. The van der Waals surface area contributed by atoms with Crippen molar-refractivity contribution in [2.24, 2.45) is 0 Å². The van der Waals surface area contributed by atoms with E-state index in [1.807, 2.05) is 10.8 Å². The molecule has 0 aliphatic rings. The fourth-order valence-corrected chi connectivity index (χ4v) is 3.69. The number of rotatable bonds is 0. The maximum atomic E-state index is 10.7. The average molecular weight is 174 g/mol. The number of hydrogen-bond acceptors (Lipinski definition) is 4. The normalized spacial score (nSPS) is 10.7. The lowest BCUT2D eigenvalue weighted by Gasteiger charge is -1.61. The van der Waals surface area contributed by atoms with Gasteiger partial charge in [0.15, 0.2) is 0 Å². The molecule has 0 amide bonds. The second-order valence-electron chi connectivity index (χ2n) is 1.55. The Morgan fingerprint density at radius 2 is 1.67 bits per heavy atom. The van der Waals surface area contributed by atoms with Crippen LogP contribution >= 0.6 is 34.0 Å². The molecule has 0 aromatic carbocycles. The topological polar surface area (TPSA) is 17.1 Å². The summed E-state index contributed by atoms with van der Waals surface area (Å²) in [6.45, 7) is 0. The summed E-state index contributed by atoms with van der Waals surface area (Å²) in [5.41, 5.74) is 0. The van der Waals surface area contributed by atoms with Gasteiger partial charge in [0.05, 0.1) is 9.40 Å². The Balaban J connectivity index is 3.08. The minimum atomic E-state index is 0.202. The fraction of sp³-hybridized carbons (Fsp3) is 0. The molecule has 0 aliphatic carbocycles. The van der Waals surface area contributed by atoms with Crippen molar-refractivity contribution in [3.8, 4) is 0 Å². The minimum absolute atomic E-state index is 0.202. The van der Waals surface area contributed by atoms with Gasteiger partial charge in [-0.15, -0.1) is 11.3 Å². The minimum Gasteiger partial charge on any atom is -0.265 e. The van der Waals surface area contributed by atoms with Gasteiger partial charge in [-0.2, -0.15) is 0 Å². The van der Waals surface area contributed by atoms with E-state index < -0.39 is 0 Å². The van der Waals surface area contributed by atoms with Gasteiger partial charge < -0.3 is 0 Å². The van der Waals surface area contributed by atoms with E-state index in [1.54, 1.807) is 11.3 Å². The molecule has 2 aromatic heterocycles. The Hall–Kier alpha value is -0.190. The molecule has 0 spiro atoms. The molecule has 0 saturated carbocycles. The lowest BCUT2D eigenvalue weighted by Crippen LogP contribution is -1.73. The lowest BCUT2D eigenvalue weighted by atomic mass is 10.7. The summed E-state index contributed by atoms with van der Waals surface area (Å²) >= 11 is 4.31. The molecule has 0 N–H and O–H groups in total. The monoisotopic (exact) mass is 174 g/mol. The molecular weight excluding hydrogens is 172 g/mol. The summed E-state index contributed by atoms with van der Waals surface area (Å²) in [5.74, 6) is 0. The molecule has 4 heteroatoms. The average Bonchev–Trinajstić information content (AvgIpc) is 2.22. The molecule has 1 nitrogen and oxygen atoms in total. The Labute approximate surface area is 63.2 Å². The first kappa shape index (κ1) is 5.58. The molecule has 0 aliphatic heterocycles. The van der Waals surface area contributed by atoms with E-state index >= 15 is 0 Å². The van der Waals surface area contributed by atoms with Crippen LogP contribution in [0.3, 0.4) is 0 Å². The molecule has 2 heterocycles. The fourth-order valence-electron chi connectivity index (χ4n) is 0.623. The molecule has 0 radical (unpaired) electrons. The van der Waals surface area contributed by atoms with E-state index in [4.69, 9.17) is 0 Å². The van der Waals surface area contributed by atoms with E-state index in [0.717, 1.165) is 9.40 Å². The van der Waals surface area contributed by atoms with Crippen molar-refractivity contribution >= 4 is 43.4 Å². The Morgan fingerprint density at radius 3 is 2.22 bits per heavy atom. The molecule has 46 valence electrons. The van der Waals surface area contributed by atoms with Crippen LogP contribution in [-0.4, -0.2) is 0 Å². The van der Waals surface area contributed by atoms with Crippen molar-refractivity contribution in [3.05, 3.63) is 19.6 Å². The molecular formula is C5H2OS3. The molecule has 2 aromatic rings. The van der Waals surface area contributed by atoms with Gasteiger partial charge in [0, 0.05) is 10.8 Å². The van der Waals surface area contributed by atoms with Gasteiger partial charge >= 0.3 is 0 Å². The molecule has 0 fully saturated rings. The largest absolute Gasteiger partial charge is 0.288 e. The van der Waals surface area contributed by atoms with Crippen LogP contribution < -0.4 is 4.06 Å². The zero-order valence-corrected chi connectivity index (χ0v) is 6.74. The van der Waals surface area contributed by atoms with E-state index in [2.05, 4.69) is 0 Å². The summed E-state index contributed by atoms with van der Waals surface area (Å²) in [4.78, 5) is 10.7. The van der Waals surface area contributed by atoms with Gasteiger partial charge in [0.25, 0.3) is 4.06 Å². The standard InChI is InChI=1S/C5H2OS3/c6-5-8-3-1-7-2-4(3)9-5/h1-2H. The van der Waals surface area contributed by atoms with Crippen LogP contribution in [0.1, 0.15) is 0 Å². The summed E-state index contributed by atoms with van der Waals surface area (Å²) in [7, 11) is 0. The van der Waals surface area contributed by atoms with E-state index in [9.17, 15) is 4.79 Å². The van der Waals surface area contributed by atoms with E-state index in [0.29, 0.717) is 0 Å². The molecule has 0 unspecified atom stereocenters. The highest BCUT2D eigenvalue weighted by Crippen LogP contribution is 2.24. The quantitative estimate of drug-likeness (QED) is 0.599. The summed E-state index contributed by atoms with van der Waals surface area (Å²) in [6, 6.07) is 0. The van der Waals surface area contributed by atoms with E-state index in [-0.39, 0.29) is 4.06 Å². The maximum absolute atomic E-state index is 10.7. The van der Waals surface area contributed by atoms with Gasteiger partial charge in [-0.05, 0) is 0 Å². The lowest BCUT2D eigenvalue weighted by molar-refractivity contribution is 2.25. The van der Waals surface area contributed by atoms with Crippen molar-refractivity contribution < 1.29 is 0 Å². The third-order valence-electron chi connectivity index (χ3n) is 0.980. The highest BCUT2D eigenvalue weighted by atomic mass is 32.2. The Kier molecular flexibility index (Phi) is 1.18. The highest BCUT2D eigenvalue weighted by Gasteiger charge is 1.97. The third-order valence-corrected chi connectivity index (χ3v) is 4.10. The number of fused-ring (bicyclic) bond motifs is 1. The molecule has 2 rings (SSSR count). The van der Waals surface area contributed by atoms with Gasteiger partial charge in [-0.25, -0.2) is 0 Å². The first-order valence-corrected chi connectivity index (χ1v) is 4.90. The predicted molar refractivity (Wildman–Crippen MR) is 43.8 cm³/mol. The molecule has 0 atom stereocenters. The highest BCUT2D eigenvalue weighted by molar-refractivity contribution is 7.37. The number of thiophene rings is 1. The van der Waals surface area contributed by atoms with Crippen molar-refractivity contribution in [1.29, 1.82) is 0 Å². The maximum Gasteiger partial charge on any atom is 0.288 e. The summed E-state index contributed by atoms with van der Waals surface area (Å²) in [6.07, 6.45) is 0.